The van der Waals surface area contributed by atoms with Gasteiger partial charge in [0.2, 0.25) is 0 Å². The fraction of sp³-hybridized carbons (Fsp3) is 0.158. The summed E-state index contributed by atoms with van der Waals surface area (Å²) < 4.78 is 39.9. The van der Waals surface area contributed by atoms with Gasteiger partial charge in [-0.25, -0.2) is 15.0 Å². The number of fused-ring (bicyclic) bond motifs is 1. The van der Waals surface area contributed by atoms with Crippen molar-refractivity contribution in [3.8, 4) is 0 Å². The fourth-order valence-corrected chi connectivity index (χ4v) is 3.12. The third-order valence-corrected chi connectivity index (χ3v) is 4.24. The SMILES string of the molecule is CC1C=C2N=C(c3ccccc3C(F)(F)F)C=CN2N1c1ccccn1. The monoisotopic (exact) mass is 356 g/mol. The quantitative estimate of drug-likeness (QED) is 0.800. The van der Waals surface area contributed by atoms with E-state index in [1.807, 2.05) is 36.2 Å². The molecule has 2 aliphatic rings. The Labute approximate surface area is 148 Å². The number of aliphatic imine (C=N–C) groups is 1. The molecule has 0 fully saturated rings. The number of nitrogens with zero attached hydrogens (tertiary/aromatic N) is 4. The first-order valence-corrected chi connectivity index (χ1v) is 8.10. The van der Waals surface area contributed by atoms with E-state index in [4.69, 9.17) is 0 Å². The minimum Gasteiger partial charge on any atom is -0.256 e. The molecule has 4 rings (SSSR count). The number of alkyl halides is 3. The van der Waals surface area contributed by atoms with Crippen LogP contribution >= 0.6 is 0 Å². The molecule has 26 heavy (non-hydrogen) atoms. The Hall–Kier alpha value is -3.09. The summed E-state index contributed by atoms with van der Waals surface area (Å²) in [5, 5.41) is 3.73. The van der Waals surface area contributed by atoms with Crippen LogP contribution in [0.3, 0.4) is 0 Å². The lowest BCUT2D eigenvalue weighted by molar-refractivity contribution is -0.137. The Morgan fingerprint density at radius 3 is 2.54 bits per heavy atom. The second-order valence-corrected chi connectivity index (χ2v) is 6.00. The molecule has 0 N–H and O–H groups in total. The van der Waals surface area contributed by atoms with Gasteiger partial charge in [-0.2, -0.15) is 13.2 Å². The Morgan fingerprint density at radius 1 is 1.04 bits per heavy atom. The number of benzene rings is 1. The highest BCUT2D eigenvalue weighted by atomic mass is 19.4. The highest BCUT2D eigenvalue weighted by Gasteiger charge is 2.36. The van der Waals surface area contributed by atoms with E-state index in [-0.39, 0.29) is 17.3 Å². The van der Waals surface area contributed by atoms with Crippen molar-refractivity contribution in [3.63, 3.8) is 0 Å². The molecule has 1 aromatic carbocycles. The van der Waals surface area contributed by atoms with Crippen molar-refractivity contribution in [2.24, 2.45) is 4.99 Å². The summed E-state index contributed by atoms with van der Waals surface area (Å²) in [7, 11) is 0. The lowest BCUT2D eigenvalue weighted by atomic mass is 10.0. The van der Waals surface area contributed by atoms with Crippen LogP contribution in [0.5, 0.6) is 0 Å². The molecule has 0 aliphatic carbocycles. The van der Waals surface area contributed by atoms with Crippen molar-refractivity contribution < 1.29 is 13.2 Å². The van der Waals surface area contributed by atoms with Gasteiger partial charge in [-0.3, -0.25) is 5.01 Å². The second-order valence-electron chi connectivity index (χ2n) is 6.00. The number of halogens is 3. The van der Waals surface area contributed by atoms with Gasteiger partial charge in [0.1, 0.15) is 11.6 Å². The summed E-state index contributed by atoms with van der Waals surface area (Å²) in [5.41, 5.74) is -0.332. The smallest absolute Gasteiger partial charge is 0.256 e. The number of anilines is 1. The van der Waals surface area contributed by atoms with Gasteiger partial charge in [0.25, 0.3) is 0 Å². The number of pyridine rings is 1. The molecule has 1 aromatic heterocycles. The van der Waals surface area contributed by atoms with E-state index in [0.717, 1.165) is 11.9 Å². The van der Waals surface area contributed by atoms with Gasteiger partial charge in [-0.1, -0.05) is 24.3 Å². The summed E-state index contributed by atoms with van der Waals surface area (Å²) in [6, 6.07) is 11.0. The first-order valence-electron chi connectivity index (χ1n) is 8.10. The Balaban J connectivity index is 1.71. The van der Waals surface area contributed by atoms with Gasteiger partial charge in [0, 0.05) is 18.0 Å². The lowest BCUT2D eigenvalue weighted by Crippen LogP contribution is -2.39. The summed E-state index contributed by atoms with van der Waals surface area (Å²) in [6.07, 6.45) is 2.48. The molecule has 0 saturated carbocycles. The zero-order valence-electron chi connectivity index (χ0n) is 13.9. The number of hydrogen-bond acceptors (Lipinski definition) is 4. The van der Waals surface area contributed by atoms with Crippen LogP contribution in [0, 0.1) is 0 Å². The van der Waals surface area contributed by atoms with E-state index in [1.165, 1.54) is 12.1 Å². The first-order chi connectivity index (χ1) is 12.4. The van der Waals surface area contributed by atoms with E-state index in [2.05, 4.69) is 9.98 Å². The van der Waals surface area contributed by atoms with E-state index >= 15 is 0 Å². The van der Waals surface area contributed by atoms with Crippen LogP contribution in [-0.2, 0) is 6.18 Å². The summed E-state index contributed by atoms with van der Waals surface area (Å²) in [6.45, 7) is 1.98. The third-order valence-electron chi connectivity index (χ3n) is 4.24. The zero-order chi connectivity index (χ0) is 18.3. The summed E-state index contributed by atoms with van der Waals surface area (Å²) >= 11 is 0. The zero-order valence-corrected chi connectivity index (χ0v) is 13.9. The predicted molar refractivity (Wildman–Crippen MR) is 93.2 cm³/mol. The lowest BCUT2D eigenvalue weighted by Gasteiger charge is -2.33. The van der Waals surface area contributed by atoms with Crippen LogP contribution in [0.15, 0.2) is 77.8 Å². The highest BCUT2D eigenvalue weighted by molar-refractivity contribution is 6.10. The molecular weight excluding hydrogens is 341 g/mol. The Kier molecular flexibility index (Phi) is 3.79. The average Bonchev–Trinajstić information content (AvgIpc) is 2.96. The largest absolute Gasteiger partial charge is 0.417 e. The molecule has 4 nitrogen and oxygen atoms in total. The van der Waals surface area contributed by atoms with Gasteiger partial charge in [-0.15, -0.1) is 0 Å². The number of allylic oxidation sites excluding steroid dienone is 1. The maximum atomic E-state index is 13.3. The molecule has 0 radical (unpaired) electrons. The second kappa shape index (κ2) is 6.01. The maximum absolute atomic E-state index is 13.3. The van der Waals surface area contributed by atoms with Crippen LogP contribution < -0.4 is 5.01 Å². The molecule has 7 heteroatoms. The van der Waals surface area contributed by atoms with Gasteiger partial charge in [0.15, 0.2) is 0 Å². The number of rotatable bonds is 2. The molecule has 0 bridgehead atoms. The van der Waals surface area contributed by atoms with Crippen molar-refractivity contribution in [1.29, 1.82) is 0 Å². The normalized spacial score (nSPS) is 19.3. The Bertz CT molecular complexity index is 916. The highest BCUT2D eigenvalue weighted by Crippen LogP contribution is 2.35. The van der Waals surface area contributed by atoms with Crippen LogP contribution in [0.25, 0.3) is 0 Å². The van der Waals surface area contributed by atoms with Gasteiger partial charge < -0.3 is 0 Å². The molecule has 1 atom stereocenters. The van der Waals surface area contributed by atoms with Crippen molar-refractivity contribution in [3.05, 3.63) is 84.0 Å². The van der Waals surface area contributed by atoms with Crippen molar-refractivity contribution in [2.45, 2.75) is 19.1 Å². The summed E-state index contributed by atoms with van der Waals surface area (Å²) in [5.74, 6) is 1.32. The number of hydrazine groups is 1. The molecule has 3 heterocycles. The number of aromatic nitrogens is 1. The van der Waals surface area contributed by atoms with E-state index in [0.29, 0.717) is 5.82 Å². The van der Waals surface area contributed by atoms with Crippen LogP contribution in [0.1, 0.15) is 18.1 Å². The molecule has 2 aromatic rings. The minimum atomic E-state index is -4.43. The molecule has 0 saturated heterocycles. The fourth-order valence-electron chi connectivity index (χ4n) is 3.12. The average molecular weight is 356 g/mol. The molecule has 0 spiro atoms. The van der Waals surface area contributed by atoms with Crippen LogP contribution in [0.4, 0.5) is 19.0 Å². The third kappa shape index (κ3) is 2.75. The molecule has 132 valence electrons. The van der Waals surface area contributed by atoms with Crippen LogP contribution in [0.2, 0.25) is 0 Å². The predicted octanol–water partition coefficient (Wildman–Crippen LogP) is 4.38. The van der Waals surface area contributed by atoms with E-state index in [9.17, 15) is 13.2 Å². The first kappa shape index (κ1) is 16.4. The topological polar surface area (TPSA) is 31.7 Å². The van der Waals surface area contributed by atoms with Crippen molar-refractivity contribution in [1.82, 2.24) is 9.99 Å². The van der Waals surface area contributed by atoms with E-state index in [1.54, 1.807) is 29.5 Å². The standard InChI is InChI=1S/C19H15F3N4/c1-13-12-18-24-16(14-6-2-3-7-15(14)19(20,21)22)9-11-25(18)26(13)17-8-4-5-10-23-17/h2-13H,1H3. The molecule has 1 unspecified atom stereocenters. The van der Waals surface area contributed by atoms with E-state index < -0.39 is 11.7 Å². The van der Waals surface area contributed by atoms with Crippen molar-refractivity contribution >= 4 is 11.5 Å². The Morgan fingerprint density at radius 2 is 1.81 bits per heavy atom. The molecule has 0 amide bonds. The maximum Gasteiger partial charge on any atom is 0.417 e. The number of hydrogen-bond donors (Lipinski definition) is 0. The van der Waals surface area contributed by atoms with Crippen LogP contribution in [-0.4, -0.2) is 21.7 Å². The van der Waals surface area contributed by atoms with Gasteiger partial charge in [0.05, 0.1) is 17.3 Å². The van der Waals surface area contributed by atoms with Crippen molar-refractivity contribution in [2.75, 3.05) is 5.01 Å². The summed E-state index contributed by atoms with van der Waals surface area (Å²) in [4.78, 5) is 8.81. The van der Waals surface area contributed by atoms with Gasteiger partial charge >= 0.3 is 6.18 Å². The minimum absolute atomic E-state index is 0.0227. The molecular formula is C19H15F3N4. The van der Waals surface area contributed by atoms with Gasteiger partial charge in [-0.05, 0) is 37.3 Å². The molecule has 2 aliphatic heterocycles.